The number of aliphatic hydroxyl groups is 1. The molecule has 0 saturated heterocycles. The number of unbranched alkanes of at least 4 members (excludes halogenated alkanes) is 2. The first-order chi connectivity index (χ1) is 7.85. The molecule has 3 heteroatoms. The zero-order chi connectivity index (χ0) is 12.9. The van der Waals surface area contributed by atoms with E-state index in [9.17, 15) is 13.9 Å². The number of halogens is 2. The summed E-state index contributed by atoms with van der Waals surface area (Å²) >= 11 is 0. The molecule has 1 N–H and O–H groups in total. The molecule has 2 atom stereocenters. The van der Waals surface area contributed by atoms with Crippen molar-refractivity contribution in [2.75, 3.05) is 0 Å². The second-order valence-electron chi connectivity index (χ2n) is 5.98. The Morgan fingerprint density at radius 2 is 2.06 bits per heavy atom. The van der Waals surface area contributed by atoms with Gasteiger partial charge in [0.1, 0.15) is 0 Å². The fourth-order valence-corrected chi connectivity index (χ4v) is 2.93. The maximum Gasteiger partial charge on any atom is 0.248 e. The first-order valence-electron chi connectivity index (χ1n) is 6.95. The Morgan fingerprint density at radius 1 is 1.35 bits per heavy atom. The van der Waals surface area contributed by atoms with Gasteiger partial charge < -0.3 is 5.11 Å². The molecule has 0 bridgehead atoms. The largest absolute Gasteiger partial charge is 0.390 e. The SMILES string of the molecule is CCCCCC(C)(O)CC1CCCC(F)(F)C1. The highest BCUT2D eigenvalue weighted by molar-refractivity contribution is 4.84. The topological polar surface area (TPSA) is 20.2 Å². The normalized spacial score (nSPS) is 27.7. The monoisotopic (exact) mass is 248 g/mol. The first-order valence-corrected chi connectivity index (χ1v) is 6.95. The van der Waals surface area contributed by atoms with Crippen LogP contribution in [0.3, 0.4) is 0 Å². The predicted octanol–water partition coefficient (Wildman–Crippen LogP) is 4.53. The van der Waals surface area contributed by atoms with Crippen LogP contribution in [0.25, 0.3) is 0 Å². The van der Waals surface area contributed by atoms with Crippen molar-refractivity contribution < 1.29 is 13.9 Å². The molecule has 1 rings (SSSR count). The molecule has 0 aromatic rings. The van der Waals surface area contributed by atoms with Crippen molar-refractivity contribution in [3.05, 3.63) is 0 Å². The van der Waals surface area contributed by atoms with E-state index in [1.54, 1.807) is 6.92 Å². The Balaban J connectivity index is 2.35. The summed E-state index contributed by atoms with van der Waals surface area (Å²) in [5.74, 6) is -2.50. The fraction of sp³-hybridized carbons (Fsp3) is 1.00. The Morgan fingerprint density at radius 3 is 2.65 bits per heavy atom. The Labute approximate surface area is 104 Å². The van der Waals surface area contributed by atoms with Crippen LogP contribution in [0.2, 0.25) is 0 Å². The van der Waals surface area contributed by atoms with Crippen LogP contribution in [0.5, 0.6) is 0 Å². The van der Waals surface area contributed by atoms with Crippen LogP contribution in [-0.2, 0) is 0 Å². The highest BCUT2D eigenvalue weighted by atomic mass is 19.3. The van der Waals surface area contributed by atoms with Gasteiger partial charge in [-0.2, -0.15) is 0 Å². The van der Waals surface area contributed by atoms with Gasteiger partial charge in [-0.3, -0.25) is 0 Å². The Hall–Kier alpha value is -0.180. The van der Waals surface area contributed by atoms with Gasteiger partial charge in [0.15, 0.2) is 0 Å². The van der Waals surface area contributed by atoms with E-state index in [2.05, 4.69) is 6.92 Å². The minimum Gasteiger partial charge on any atom is -0.390 e. The summed E-state index contributed by atoms with van der Waals surface area (Å²) in [7, 11) is 0. The average Bonchev–Trinajstić information content (AvgIpc) is 2.15. The van der Waals surface area contributed by atoms with Gasteiger partial charge in [0, 0.05) is 12.8 Å². The lowest BCUT2D eigenvalue weighted by molar-refractivity contribution is -0.0695. The van der Waals surface area contributed by atoms with Crippen LogP contribution < -0.4 is 0 Å². The Bertz CT molecular complexity index is 226. The van der Waals surface area contributed by atoms with Crippen molar-refractivity contribution in [3.8, 4) is 0 Å². The highest BCUT2D eigenvalue weighted by Crippen LogP contribution is 2.40. The van der Waals surface area contributed by atoms with E-state index in [-0.39, 0.29) is 18.8 Å². The third-order valence-corrected chi connectivity index (χ3v) is 3.79. The smallest absolute Gasteiger partial charge is 0.248 e. The van der Waals surface area contributed by atoms with Gasteiger partial charge in [0.2, 0.25) is 5.92 Å². The molecule has 0 heterocycles. The average molecular weight is 248 g/mol. The standard InChI is InChI=1S/C14H26F2O/c1-3-4-5-8-13(2,17)10-12-7-6-9-14(15,16)11-12/h12,17H,3-11H2,1-2H3. The quantitative estimate of drug-likeness (QED) is 0.684. The molecular weight excluding hydrogens is 222 g/mol. The van der Waals surface area contributed by atoms with Crippen LogP contribution in [-0.4, -0.2) is 16.6 Å². The summed E-state index contributed by atoms with van der Waals surface area (Å²) in [6.07, 6.45) is 5.94. The lowest BCUT2D eigenvalue weighted by Gasteiger charge is -2.34. The van der Waals surface area contributed by atoms with Crippen LogP contribution in [0.1, 0.15) is 71.6 Å². The first kappa shape index (κ1) is 14.9. The van der Waals surface area contributed by atoms with Crippen LogP contribution in [0.4, 0.5) is 8.78 Å². The van der Waals surface area contributed by atoms with Gasteiger partial charge in [-0.25, -0.2) is 8.78 Å². The van der Waals surface area contributed by atoms with E-state index in [1.165, 1.54) is 0 Å². The van der Waals surface area contributed by atoms with Gasteiger partial charge in [0.25, 0.3) is 0 Å². The number of hydrogen-bond donors (Lipinski definition) is 1. The summed E-state index contributed by atoms with van der Waals surface area (Å²) in [4.78, 5) is 0. The van der Waals surface area contributed by atoms with E-state index in [0.29, 0.717) is 12.8 Å². The second-order valence-corrected chi connectivity index (χ2v) is 5.98. The minimum atomic E-state index is -2.50. The summed E-state index contributed by atoms with van der Waals surface area (Å²) in [6, 6.07) is 0. The van der Waals surface area contributed by atoms with Crippen LogP contribution >= 0.6 is 0 Å². The van der Waals surface area contributed by atoms with Gasteiger partial charge in [-0.1, -0.05) is 26.2 Å². The van der Waals surface area contributed by atoms with E-state index in [4.69, 9.17) is 0 Å². The van der Waals surface area contributed by atoms with E-state index in [1.807, 2.05) is 0 Å². The third kappa shape index (κ3) is 5.80. The van der Waals surface area contributed by atoms with Crippen molar-refractivity contribution in [3.63, 3.8) is 0 Å². The molecule has 1 aliphatic carbocycles. The molecule has 0 radical (unpaired) electrons. The molecule has 1 nitrogen and oxygen atoms in total. The van der Waals surface area contributed by atoms with Crippen molar-refractivity contribution in [2.24, 2.45) is 5.92 Å². The number of rotatable bonds is 6. The number of hydrogen-bond acceptors (Lipinski definition) is 1. The molecule has 1 fully saturated rings. The van der Waals surface area contributed by atoms with Crippen molar-refractivity contribution in [2.45, 2.75) is 83.2 Å². The maximum atomic E-state index is 13.3. The minimum absolute atomic E-state index is 0.00428. The lowest BCUT2D eigenvalue weighted by atomic mass is 9.78. The predicted molar refractivity (Wildman–Crippen MR) is 66.3 cm³/mol. The molecule has 102 valence electrons. The highest BCUT2D eigenvalue weighted by Gasteiger charge is 2.38. The summed E-state index contributed by atoms with van der Waals surface area (Å²) < 4.78 is 26.5. The van der Waals surface area contributed by atoms with E-state index < -0.39 is 11.5 Å². The van der Waals surface area contributed by atoms with Gasteiger partial charge >= 0.3 is 0 Å². The molecule has 0 spiro atoms. The van der Waals surface area contributed by atoms with Gasteiger partial charge in [0.05, 0.1) is 5.60 Å². The van der Waals surface area contributed by atoms with Crippen molar-refractivity contribution >= 4 is 0 Å². The number of alkyl halides is 2. The van der Waals surface area contributed by atoms with Gasteiger partial charge in [-0.05, 0) is 38.5 Å². The summed E-state index contributed by atoms with van der Waals surface area (Å²) in [6.45, 7) is 3.92. The molecule has 0 amide bonds. The van der Waals surface area contributed by atoms with Gasteiger partial charge in [-0.15, -0.1) is 0 Å². The molecule has 1 aliphatic rings. The van der Waals surface area contributed by atoms with E-state index in [0.717, 1.165) is 32.1 Å². The molecule has 0 aliphatic heterocycles. The molecule has 0 aromatic carbocycles. The molecule has 0 aromatic heterocycles. The summed E-state index contributed by atoms with van der Waals surface area (Å²) in [5, 5.41) is 10.2. The molecule has 17 heavy (non-hydrogen) atoms. The third-order valence-electron chi connectivity index (χ3n) is 3.79. The molecular formula is C14H26F2O. The lowest BCUT2D eigenvalue weighted by Crippen LogP contribution is -2.33. The fourth-order valence-electron chi connectivity index (χ4n) is 2.93. The zero-order valence-corrected chi connectivity index (χ0v) is 11.1. The summed E-state index contributed by atoms with van der Waals surface area (Å²) in [5.41, 5.74) is -0.757. The second kappa shape index (κ2) is 6.12. The maximum absolute atomic E-state index is 13.3. The van der Waals surface area contributed by atoms with Crippen molar-refractivity contribution in [1.29, 1.82) is 0 Å². The molecule has 1 saturated carbocycles. The van der Waals surface area contributed by atoms with Crippen molar-refractivity contribution in [1.82, 2.24) is 0 Å². The van der Waals surface area contributed by atoms with Crippen LogP contribution in [0, 0.1) is 5.92 Å². The van der Waals surface area contributed by atoms with Crippen LogP contribution in [0.15, 0.2) is 0 Å². The van der Waals surface area contributed by atoms with E-state index >= 15 is 0 Å². The zero-order valence-electron chi connectivity index (χ0n) is 11.1. The Kier molecular flexibility index (Phi) is 5.36. The molecule has 2 unspecified atom stereocenters.